The lowest BCUT2D eigenvalue weighted by Crippen LogP contribution is -2.35. The first-order valence-electron chi connectivity index (χ1n) is 10.6. The van der Waals surface area contributed by atoms with Gasteiger partial charge in [0, 0.05) is 36.4 Å². The second-order valence-corrected chi connectivity index (χ2v) is 8.10. The first-order chi connectivity index (χ1) is 14.8. The van der Waals surface area contributed by atoms with Gasteiger partial charge in [-0.25, -0.2) is 9.67 Å². The number of fused-ring (bicyclic) bond motifs is 1. The first-order valence-corrected chi connectivity index (χ1v) is 10.6. The van der Waals surface area contributed by atoms with Gasteiger partial charge in [-0.15, -0.1) is 5.10 Å². The smallest absolute Gasteiger partial charge is 0.129 e. The topological polar surface area (TPSA) is 84.8 Å². The van der Waals surface area contributed by atoms with Crippen LogP contribution in [0.5, 0.6) is 5.75 Å². The van der Waals surface area contributed by atoms with Gasteiger partial charge in [0.1, 0.15) is 17.3 Å². The molecular formula is C22H23N7O. The first kappa shape index (κ1) is 17.4. The molecule has 2 fully saturated rings. The molecule has 1 aromatic carbocycles. The second-order valence-electron chi connectivity index (χ2n) is 8.10. The van der Waals surface area contributed by atoms with Gasteiger partial charge in [-0.1, -0.05) is 5.21 Å². The molecule has 8 nitrogen and oxygen atoms in total. The number of H-pyrrole nitrogens is 1. The average molecular weight is 401 g/mol. The Hall–Kier alpha value is -3.42. The minimum absolute atomic E-state index is 0.380. The van der Waals surface area contributed by atoms with E-state index in [1.54, 1.807) is 6.20 Å². The molecule has 1 N–H and O–H groups in total. The van der Waals surface area contributed by atoms with Crippen LogP contribution in [0.1, 0.15) is 31.7 Å². The van der Waals surface area contributed by atoms with E-state index in [9.17, 15) is 0 Å². The van der Waals surface area contributed by atoms with Crippen molar-refractivity contribution in [3.63, 3.8) is 0 Å². The molecule has 4 heterocycles. The van der Waals surface area contributed by atoms with Crippen molar-refractivity contribution in [1.29, 1.82) is 0 Å². The number of hydrogen-bond donors (Lipinski definition) is 1. The number of nitrogens with one attached hydrogen (secondary N) is 1. The minimum atomic E-state index is 0.380. The summed E-state index contributed by atoms with van der Waals surface area (Å²) in [6, 6.07) is 10.7. The van der Waals surface area contributed by atoms with Gasteiger partial charge in [0.2, 0.25) is 0 Å². The lowest BCUT2D eigenvalue weighted by atomic mass is 10.0. The van der Waals surface area contributed by atoms with Crippen molar-refractivity contribution in [2.45, 2.75) is 37.8 Å². The number of anilines is 1. The van der Waals surface area contributed by atoms with E-state index < -0.39 is 0 Å². The van der Waals surface area contributed by atoms with Crippen LogP contribution in [0.25, 0.3) is 22.2 Å². The Kier molecular flexibility index (Phi) is 4.14. The van der Waals surface area contributed by atoms with E-state index in [2.05, 4.69) is 42.5 Å². The van der Waals surface area contributed by atoms with Gasteiger partial charge in [0.25, 0.3) is 0 Å². The number of piperidine rings is 1. The van der Waals surface area contributed by atoms with E-state index >= 15 is 0 Å². The van der Waals surface area contributed by atoms with Crippen LogP contribution in [0, 0.1) is 0 Å². The number of pyridine rings is 1. The summed E-state index contributed by atoms with van der Waals surface area (Å²) in [6.45, 7) is 1.89. The SMILES string of the molecule is c1cn(C2CCN(c3cc(-c4n[nH]c5ccc(OC6CC6)cc45)ccn3)CC2)nn1. The summed E-state index contributed by atoms with van der Waals surface area (Å²) in [4.78, 5) is 6.98. The molecule has 0 bridgehead atoms. The van der Waals surface area contributed by atoms with Crippen molar-refractivity contribution >= 4 is 16.7 Å². The monoisotopic (exact) mass is 401 g/mol. The number of benzene rings is 1. The number of ether oxygens (including phenoxy) is 1. The van der Waals surface area contributed by atoms with Crippen LogP contribution in [-0.2, 0) is 0 Å². The van der Waals surface area contributed by atoms with Crippen LogP contribution >= 0.6 is 0 Å². The summed E-state index contributed by atoms with van der Waals surface area (Å²) < 4.78 is 7.95. The Bertz CT molecular complexity index is 1160. The lowest BCUT2D eigenvalue weighted by Gasteiger charge is -2.32. The third kappa shape index (κ3) is 3.28. The number of aromatic nitrogens is 6. The van der Waals surface area contributed by atoms with Gasteiger partial charge in [-0.2, -0.15) is 5.10 Å². The molecule has 2 aliphatic rings. The Morgan fingerprint density at radius 3 is 2.70 bits per heavy atom. The minimum Gasteiger partial charge on any atom is -0.490 e. The van der Waals surface area contributed by atoms with Crippen LogP contribution in [0.4, 0.5) is 5.82 Å². The number of hydrogen-bond acceptors (Lipinski definition) is 6. The molecule has 6 rings (SSSR count). The van der Waals surface area contributed by atoms with Crippen molar-refractivity contribution in [3.8, 4) is 17.0 Å². The van der Waals surface area contributed by atoms with Gasteiger partial charge in [-0.05, 0) is 56.0 Å². The summed E-state index contributed by atoms with van der Waals surface area (Å²) in [6.07, 6.45) is 10.3. The zero-order valence-corrected chi connectivity index (χ0v) is 16.6. The molecule has 1 saturated heterocycles. The highest BCUT2D eigenvalue weighted by Gasteiger charge is 2.24. The van der Waals surface area contributed by atoms with Crippen molar-refractivity contribution in [2.75, 3.05) is 18.0 Å². The summed E-state index contributed by atoms with van der Waals surface area (Å²) in [7, 11) is 0. The van der Waals surface area contributed by atoms with Crippen LogP contribution in [-0.4, -0.2) is 49.4 Å². The van der Waals surface area contributed by atoms with E-state index in [-0.39, 0.29) is 0 Å². The highest BCUT2D eigenvalue weighted by Crippen LogP contribution is 2.34. The molecule has 0 amide bonds. The van der Waals surface area contributed by atoms with Crippen molar-refractivity contribution < 1.29 is 4.74 Å². The van der Waals surface area contributed by atoms with Gasteiger partial charge < -0.3 is 9.64 Å². The van der Waals surface area contributed by atoms with E-state index in [4.69, 9.17) is 4.74 Å². The molecule has 0 unspecified atom stereocenters. The van der Waals surface area contributed by atoms with Crippen LogP contribution in [0.2, 0.25) is 0 Å². The Labute approximate surface area is 173 Å². The van der Waals surface area contributed by atoms with Crippen molar-refractivity contribution in [1.82, 2.24) is 30.2 Å². The van der Waals surface area contributed by atoms with E-state index in [0.29, 0.717) is 12.1 Å². The third-order valence-corrected chi connectivity index (χ3v) is 5.98. The molecule has 0 atom stereocenters. The normalized spacial score (nSPS) is 17.5. The van der Waals surface area contributed by atoms with E-state index in [1.165, 1.54) is 0 Å². The quantitative estimate of drug-likeness (QED) is 0.550. The zero-order chi connectivity index (χ0) is 19.9. The molecule has 1 aliphatic heterocycles. The Balaban J connectivity index is 1.25. The van der Waals surface area contributed by atoms with Gasteiger partial charge in [0.05, 0.1) is 23.9 Å². The lowest BCUT2D eigenvalue weighted by molar-refractivity contribution is 0.303. The van der Waals surface area contributed by atoms with Gasteiger partial charge >= 0.3 is 0 Å². The standard InChI is InChI=1S/C22H23N7O/c1-2-17(1)30-18-3-4-20-19(14-18)22(26-25-20)15-5-8-23-21(13-15)28-10-6-16(7-11-28)29-12-9-24-27-29/h3-5,8-9,12-14,16-17H,1-2,6-7,10-11H2,(H,25,26). The Morgan fingerprint density at radius 2 is 1.90 bits per heavy atom. The summed E-state index contributed by atoms with van der Waals surface area (Å²) in [5.74, 6) is 1.91. The van der Waals surface area contributed by atoms with Crippen molar-refractivity contribution in [3.05, 3.63) is 48.9 Å². The molecule has 30 heavy (non-hydrogen) atoms. The highest BCUT2D eigenvalue weighted by molar-refractivity contribution is 5.94. The highest BCUT2D eigenvalue weighted by atomic mass is 16.5. The fourth-order valence-corrected chi connectivity index (χ4v) is 4.18. The molecular weight excluding hydrogens is 378 g/mol. The van der Waals surface area contributed by atoms with Gasteiger partial charge in [0.15, 0.2) is 0 Å². The predicted molar refractivity (Wildman–Crippen MR) is 113 cm³/mol. The molecule has 0 radical (unpaired) electrons. The number of nitrogens with zero attached hydrogens (tertiary/aromatic N) is 6. The molecule has 152 valence electrons. The molecule has 3 aromatic heterocycles. The second kappa shape index (κ2) is 7.12. The maximum absolute atomic E-state index is 5.98. The molecule has 4 aromatic rings. The predicted octanol–water partition coefficient (Wildman–Crippen LogP) is 3.60. The van der Waals surface area contributed by atoms with Crippen LogP contribution in [0.15, 0.2) is 48.9 Å². The van der Waals surface area contributed by atoms with Crippen LogP contribution in [0.3, 0.4) is 0 Å². The zero-order valence-electron chi connectivity index (χ0n) is 16.6. The van der Waals surface area contributed by atoms with E-state index in [1.807, 2.05) is 35.3 Å². The number of aromatic amines is 1. The maximum atomic E-state index is 5.98. The fourth-order valence-electron chi connectivity index (χ4n) is 4.18. The average Bonchev–Trinajstić information content (AvgIpc) is 3.27. The van der Waals surface area contributed by atoms with Gasteiger partial charge in [-0.3, -0.25) is 5.10 Å². The fraction of sp³-hybridized carbons (Fsp3) is 0.364. The van der Waals surface area contributed by atoms with Crippen molar-refractivity contribution in [2.24, 2.45) is 0 Å². The van der Waals surface area contributed by atoms with Crippen LogP contribution < -0.4 is 9.64 Å². The van der Waals surface area contributed by atoms with E-state index in [0.717, 1.165) is 72.5 Å². The molecule has 1 saturated carbocycles. The Morgan fingerprint density at radius 1 is 1.00 bits per heavy atom. The summed E-state index contributed by atoms with van der Waals surface area (Å²) >= 11 is 0. The third-order valence-electron chi connectivity index (χ3n) is 5.98. The number of rotatable bonds is 5. The maximum Gasteiger partial charge on any atom is 0.129 e. The molecule has 0 spiro atoms. The molecule has 1 aliphatic carbocycles. The summed E-state index contributed by atoms with van der Waals surface area (Å²) in [5.41, 5.74) is 3.01. The molecule has 8 heteroatoms. The summed E-state index contributed by atoms with van der Waals surface area (Å²) in [5, 5.41) is 16.9. The largest absolute Gasteiger partial charge is 0.490 e.